The number of para-hydroxylation sites is 1. The Hall–Kier alpha value is -2.75. The zero-order chi connectivity index (χ0) is 14.8. The van der Waals surface area contributed by atoms with Crippen molar-refractivity contribution in [1.82, 2.24) is 9.78 Å². The number of ketones is 1. The first-order valence-corrected chi connectivity index (χ1v) is 6.57. The molecule has 0 saturated carbocycles. The maximum Gasteiger partial charge on any atom is 0.159 e. The summed E-state index contributed by atoms with van der Waals surface area (Å²) in [4.78, 5) is 11.5. The lowest BCUT2D eigenvalue weighted by Gasteiger charge is -2.09. The number of carbonyl (C=O) groups is 1. The quantitative estimate of drug-likeness (QED) is 0.682. The van der Waals surface area contributed by atoms with Gasteiger partial charge in [0.1, 0.15) is 5.82 Å². The molecule has 0 radical (unpaired) electrons. The molecule has 21 heavy (non-hydrogen) atoms. The minimum atomic E-state index is -0.377. The van der Waals surface area contributed by atoms with Crippen molar-refractivity contribution in [3.05, 3.63) is 72.2 Å². The summed E-state index contributed by atoms with van der Waals surface area (Å²) in [5.74, 6) is -0.472. The Morgan fingerprint density at radius 2 is 1.86 bits per heavy atom. The molecule has 3 aromatic rings. The molecule has 0 aliphatic heterocycles. The standard InChI is InChI=1S/C17H13FN2O/c1-12(21)13-7-8-16(18)15(11-13)17-9-10-19-20(17)14-5-3-2-4-6-14/h2-11H,1H3. The van der Waals surface area contributed by atoms with Crippen molar-refractivity contribution in [2.45, 2.75) is 6.92 Å². The first kappa shape index (κ1) is 13.2. The van der Waals surface area contributed by atoms with Crippen LogP contribution < -0.4 is 0 Å². The van der Waals surface area contributed by atoms with Crippen LogP contribution in [0.5, 0.6) is 0 Å². The topological polar surface area (TPSA) is 34.9 Å². The molecule has 2 aromatic carbocycles. The number of halogens is 1. The number of hydrogen-bond acceptors (Lipinski definition) is 2. The van der Waals surface area contributed by atoms with Crippen LogP contribution in [-0.2, 0) is 0 Å². The lowest BCUT2D eigenvalue weighted by molar-refractivity contribution is 0.101. The van der Waals surface area contributed by atoms with E-state index in [1.807, 2.05) is 30.3 Å². The molecule has 0 amide bonds. The second kappa shape index (κ2) is 5.32. The van der Waals surface area contributed by atoms with Gasteiger partial charge in [-0.25, -0.2) is 9.07 Å². The van der Waals surface area contributed by atoms with Crippen molar-refractivity contribution in [2.75, 3.05) is 0 Å². The van der Waals surface area contributed by atoms with Gasteiger partial charge in [-0.3, -0.25) is 4.79 Å². The normalized spacial score (nSPS) is 10.6. The van der Waals surface area contributed by atoms with Crippen LogP contribution in [0.4, 0.5) is 4.39 Å². The van der Waals surface area contributed by atoms with Crippen LogP contribution in [0, 0.1) is 5.82 Å². The molecule has 1 heterocycles. The summed E-state index contributed by atoms with van der Waals surface area (Å²) in [6, 6.07) is 15.6. The Labute approximate surface area is 121 Å². The molecule has 0 aliphatic carbocycles. The van der Waals surface area contributed by atoms with Gasteiger partial charge in [0.15, 0.2) is 5.78 Å². The minimum absolute atomic E-state index is 0.0953. The molecule has 0 bridgehead atoms. The molecular formula is C17H13FN2O. The van der Waals surface area contributed by atoms with E-state index in [-0.39, 0.29) is 11.6 Å². The first-order chi connectivity index (χ1) is 10.2. The van der Waals surface area contributed by atoms with Gasteiger partial charge in [-0.2, -0.15) is 5.10 Å². The SMILES string of the molecule is CC(=O)c1ccc(F)c(-c2ccnn2-c2ccccc2)c1. The number of carbonyl (C=O) groups excluding carboxylic acids is 1. The van der Waals surface area contributed by atoms with E-state index in [9.17, 15) is 9.18 Å². The highest BCUT2D eigenvalue weighted by molar-refractivity contribution is 5.95. The van der Waals surface area contributed by atoms with E-state index in [0.29, 0.717) is 16.8 Å². The fraction of sp³-hybridized carbons (Fsp3) is 0.0588. The second-order valence-electron chi connectivity index (χ2n) is 4.71. The van der Waals surface area contributed by atoms with Crippen molar-refractivity contribution in [1.29, 1.82) is 0 Å². The molecule has 0 unspecified atom stereocenters. The molecule has 0 fully saturated rings. The summed E-state index contributed by atoms with van der Waals surface area (Å²) < 4.78 is 15.8. The molecule has 0 saturated heterocycles. The lowest BCUT2D eigenvalue weighted by atomic mass is 10.0. The average molecular weight is 280 g/mol. The molecule has 4 heteroatoms. The Balaban J connectivity index is 2.17. The Kier molecular flexibility index (Phi) is 3.36. The summed E-state index contributed by atoms with van der Waals surface area (Å²) in [5.41, 5.74) is 2.29. The molecule has 104 valence electrons. The summed E-state index contributed by atoms with van der Waals surface area (Å²) in [5, 5.41) is 4.24. The van der Waals surface area contributed by atoms with Crippen LogP contribution in [0.3, 0.4) is 0 Å². The molecule has 0 aliphatic rings. The number of Topliss-reactive ketones (excluding diaryl/α,β-unsaturated/α-hetero) is 1. The van der Waals surface area contributed by atoms with Crippen LogP contribution in [0.1, 0.15) is 17.3 Å². The van der Waals surface area contributed by atoms with Crippen molar-refractivity contribution in [3.63, 3.8) is 0 Å². The smallest absolute Gasteiger partial charge is 0.159 e. The number of rotatable bonds is 3. The van der Waals surface area contributed by atoms with Crippen molar-refractivity contribution in [2.24, 2.45) is 0 Å². The largest absolute Gasteiger partial charge is 0.295 e. The maximum absolute atomic E-state index is 14.1. The second-order valence-corrected chi connectivity index (χ2v) is 4.71. The Bertz CT molecular complexity index is 794. The molecule has 3 nitrogen and oxygen atoms in total. The lowest BCUT2D eigenvalue weighted by Crippen LogP contribution is -2.01. The molecule has 3 rings (SSSR count). The fourth-order valence-corrected chi connectivity index (χ4v) is 2.22. The van der Waals surface area contributed by atoms with E-state index < -0.39 is 0 Å². The van der Waals surface area contributed by atoms with Gasteiger partial charge in [0.25, 0.3) is 0 Å². The summed E-state index contributed by atoms with van der Waals surface area (Å²) >= 11 is 0. The van der Waals surface area contributed by atoms with Crippen molar-refractivity contribution < 1.29 is 9.18 Å². The molecule has 0 atom stereocenters. The van der Waals surface area contributed by atoms with Gasteiger partial charge in [-0.1, -0.05) is 18.2 Å². The third-order valence-corrected chi connectivity index (χ3v) is 3.29. The maximum atomic E-state index is 14.1. The molecular weight excluding hydrogens is 267 g/mol. The van der Waals surface area contributed by atoms with E-state index in [2.05, 4.69) is 5.10 Å². The fourth-order valence-electron chi connectivity index (χ4n) is 2.22. The van der Waals surface area contributed by atoms with E-state index in [1.54, 1.807) is 23.0 Å². The first-order valence-electron chi connectivity index (χ1n) is 6.57. The molecule has 0 N–H and O–H groups in total. The predicted molar refractivity (Wildman–Crippen MR) is 79.0 cm³/mol. The molecule has 0 spiro atoms. The van der Waals surface area contributed by atoms with E-state index in [0.717, 1.165) is 5.69 Å². The number of aromatic nitrogens is 2. The predicted octanol–water partition coefficient (Wildman–Crippen LogP) is 3.88. The van der Waals surface area contributed by atoms with Crippen molar-refractivity contribution in [3.8, 4) is 16.9 Å². The zero-order valence-electron chi connectivity index (χ0n) is 11.5. The molecule has 1 aromatic heterocycles. The van der Waals surface area contributed by atoms with Gasteiger partial charge in [-0.15, -0.1) is 0 Å². The Morgan fingerprint density at radius 3 is 2.57 bits per heavy atom. The average Bonchev–Trinajstić information content (AvgIpc) is 2.97. The van der Waals surface area contributed by atoms with E-state index in [1.165, 1.54) is 19.1 Å². The van der Waals surface area contributed by atoms with E-state index in [4.69, 9.17) is 0 Å². The van der Waals surface area contributed by atoms with Gasteiger partial charge < -0.3 is 0 Å². The number of benzene rings is 2. The minimum Gasteiger partial charge on any atom is -0.295 e. The van der Waals surface area contributed by atoms with Crippen LogP contribution >= 0.6 is 0 Å². The zero-order valence-corrected chi connectivity index (χ0v) is 11.5. The monoisotopic (exact) mass is 280 g/mol. The van der Waals surface area contributed by atoms with Crippen LogP contribution in [0.25, 0.3) is 16.9 Å². The van der Waals surface area contributed by atoms with Gasteiger partial charge in [0.05, 0.1) is 17.6 Å². The van der Waals surface area contributed by atoms with Crippen molar-refractivity contribution >= 4 is 5.78 Å². The Morgan fingerprint density at radius 1 is 1.10 bits per heavy atom. The van der Waals surface area contributed by atoms with Crippen LogP contribution in [0.15, 0.2) is 60.8 Å². The number of hydrogen-bond donors (Lipinski definition) is 0. The third-order valence-electron chi connectivity index (χ3n) is 3.29. The van der Waals surface area contributed by atoms with E-state index >= 15 is 0 Å². The van der Waals surface area contributed by atoms with Gasteiger partial charge in [0.2, 0.25) is 0 Å². The van der Waals surface area contributed by atoms with Gasteiger partial charge in [-0.05, 0) is 43.3 Å². The third kappa shape index (κ3) is 2.48. The highest BCUT2D eigenvalue weighted by Gasteiger charge is 2.13. The summed E-state index contributed by atoms with van der Waals surface area (Å²) in [6.45, 7) is 1.46. The number of nitrogens with zero attached hydrogens (tertiary/aromatic N) is 2. The highest BCUT2D eigenvalue weighted by Crippen LogP contribution is 2.26. The summed E-state index contributed by atoms with van der Waals surface area (Å²) in [6.07, 6.45) is 1.61. The van der Waals surface area contributed by atoms with Gasteiger partial charge in [0, 0.05) is 11.1 Å². The van der Waals surface area contributed by atoms with Crippen LogP contribution in [0.2, 0.25) is 0 Å². The van der Waals surface area contributed by atoms with Crippen LogP contribution in [-0.4, -0.2) is 15.6 Å². The van der Waals surface area contributed by atoms with Gasteiger partial charge >= 0.3 is 0 Å². The highest BCUT2D eigenvalue weighted by atomic mass is 19.1. The summed E-state index contributed by atoms with van der Waals surface area (Å²) in [7, 11) is 0.